The highest BCUT2D eigenvalue weighted by atomic mass is 35.5. The monoisotopic (exact) mass is 317 g/mol. The minimum absolute atomic E-state index is 0.00579. The number of amides is 1. The Hall–Kier alpha value is -0.380. The Bertz CT molecular complexity index is 463. The summed E-state index contributed by atoms with van der Waals surface area (Å²) in [7, 11) is 0. The van der Waals surface area contributed by atoms with Gasteiger partial charge in [0.05, 0.1) is 10.6 Å². The number of carbonyl (C=O) groups excluding carboxylic acids is 1. The van der Waals surface area contributed by atoms with Gasteiger partial charge in [-0.05, 0) is 43.7 Å². The second kappa shape index (κ2) is 6.87. The van der Waals surface area contributed by atoms with Gasteiger partial charge in [-0.25, -0.2) is 0 Å². The third-order valence-electron chi connectivity index (χ3n) is 3.51. The lowest BCUT2D eigenvalue weighted by atomic mass is 9.91. The first-order valence-electron chi connectivity index (χ1n) is 6.38. The number of halogens is 2. The molecule has 1 fully saturated rings. The Morgan fingerprint density at radius 1 is 1.47 bits per heavy atom. The number of nitrogens with zero attached hydrogens (tertiary/aromatic N) is 1. The topological polar surface area (TPSA) is 20.3 Å². The van der Waals surface area contributed by atoms with E-state index in [4.69, 9.17) is 23.2 Å². The molecule has 1 aliphatic rings. The standard InChI is InChI=1S/C14H17Cl2NOS/c1-19-11-5-6-13(16)12(9-11)14(18)17(8-7-15)10-3-2-4-10/h5-6,9-10H,2-4,7-8H2,1H3. The van der Waals surface area contributed by atoms with Crippen LogP contribution in [0, 0.1) is 0 Å². The molecule has 2 nitrogen and oxygen atoms in total. The second-order valence-electron chi connectivity index (χ2n) is 4.62. The molecule has 0 heterocycles. The van der Waals surface area contributed by atoms with Crippen LogP contribution in [0.3, 0.4) is 0 Å². The minimum Gasteiger partial charge on any atom is -0.334 e. The van der Waals surface area contributed by atoms with E-state index in [2.05, 4.69) is 0 Å². The highest BCUT2D eigenvalue weighted by Gasteiger charge is 2.29. The summed E-state index contributed by atoms with van der Waals surface area (Å²) >= 11 is 13.6. The molecule has 0 bridgehead atoms. The average molecular weight is 318 g/mol. The lowest BCUT2D eigenvalue weighted by Gasteiger charge is -2.37. The smallest absolute Gasteiger partial charge is 0.255 e. The van der Waals surface area contributed by atoms with Gasteiger partial charge >= 0.3 is 0 Å². The third kappa shape index (κ3) is 3.39. The van der Waals surface area contributed by atoms with Crippen molar-refractivity contribution in [2.24, 2.45) is 0 Å². The van der Waals surface area contributed by atoms with Crippen LogP contribution in [0.1, 0.15) is 29.6 Å². The normalized spacial score (nSPS) is 15.1. The quantitative estimate of drug-likeness (QED) is 0.596. The van der Waals surface area contributed by atoms with Crippen LogP contribution in [-0.4, -0.2) is 35.5 Å². The van der Waals surface area contributed by atoms with Crippen molar-refractivity contribution < 1.29 is 4.79 Å². The van der Waals surface area contributed by atoms with Gasteiger partial charge in [-0.2, -0.15) is 0 Å². The molecule has 1 aliphatic carbocycles. The lowest BCUT2D eigenvalue weighted by Crippen LogP contribution is -2.45. The van der Waals surface area contributed by atoms with Crippen LogP contribution in [0.2, 0.25) is 5.02 Å². The molecule has 0 saturated heterocycles. The summed E-state index contributed by atoms with van der Waals surface area (Å²) in [5.74, 6) is 0.466. The zero-order valence-corrected chi connectivity index (χ0v) is 13.2. The van der Waals surface area contributed by atoms with Crippen LogP contribution in [0.4, 0.5) is 0 Å². The molecule has 0 atom stereocenters. The van der Waals surface area contributed by atoms with E-state index < -0.39 is 0 Å². The fourth-order valence-electron chi connectivity index (χ4n) is 2.19. The Labute approximate surface area is 128 Å². The van der Waals surface area contributed by atoms with Gasteiger partial charge in [0, 0.05) is 23.4 Å². The fourth-order valence-corrected chi connectivity index (χ4v) is 3.01. The second-order valence-corrected chi connectivity index (χ2v) is 6.28. The van der Waals surface area contributed by atoms with Crippen LogP contribution in [0.15, 0.2) is 23.1 Å². The molecule has 1 aromatic rings. The molecule has 104 valence electrons. The molecule has 0 spiro atoms. The van der Waals surface area contributed by atoms with Crippen LogP contribution in [0.5, 0.6) is 0 Å². The first-order chi connectivity index (χ1) is 9.17. The number of hydrogen-bond donors (Lipinski definition) is 0. The summed E-state index contributed by atoms with van der Waals surface area (Å²) in [6.45, 7) is 0.588. The lowest BCUT2D eigenvalue weighted by molar-refractivity contribution is 0.0598. The minimum atomic E-state index is 0.00579. The van der Waals surface area contributed by atoms with Gasteiger partial charge in [-0.1, -0.05) is 11.6 Å². The maximum absolute atomic E-state index is 12.6. The first kappa shape index (κ1) is 15.0. The number of thioether (sulfide) groups is 1. The van der Waals surface area contributed by atoms with E-state index >= 15 is 0 Å². The number of carbonyl (C=O) groups is 1. The van der Waals surface area contributed by atoms with Gasteiger partial charge in [-0.3, -0.25) is 4.79 Å². The number of alkyl halides is 1. The summed E-state index contributed by atoms with van der Waals surface area (Å²) in [4.78, 5) is 15.6. The number of rotatable bonds is 5. The molecule has 1 aromatic carbocycles. The molecule has 2 rings (SSSR count). The van der Waals surface area contributed by atoms with Gasteiger partial charge in [0.25, 0.3) is 5.91 Å². The zero-order valence-electron chi connectivity index (χ0n) is 10.9. The maximum atomic E-state index is 12.6. The Balaban J connectivity index is 2.24. The van der Waals surface area contributed by atoms with Crippen LogP contribution >= 0.6 is 35.0 Å². The van der Waals surface area contributed by atoms with Crippen LogP contribution < -0.4 is 0 Å². The zero-order chi connectivity index (χ0) is 13.8. The van der Waals surface area contributed by atoms with Gasteiger partial charge in [0.15, 0.2) is 0 Å². The number of hydrogen-bond acceptors (Lipinski definition) is 2. The fraction of sp³-hybridized carbons (Fsp3) is 0.500. The predicted molar refractivity (Wildman–Crippen MR) is 82.6 cm³/mol. The van der Waals surface area contributed by atoms with E-state index in [1.54, 1.807) is 17.8 Å². The summed E-state index contributed by atoms with van der Waals surface area (Å²) in [5.41, 5.74) is 0.588. The van der Waals surface area contributed by atoms with Crippen molar-refractivity contribution in [3.63, 3.8) is 0 Å². The SMILES string of the molecule is CSc1ccc(Cl)c(C(=O)N(CCCl)C2CCC2)c1. The van der Waals surface area contributed by atoms with E-state index in [1.807, 2.05) is 23.3 Å². The highest BCUT2D eigenvalue weighted by molar-refractivity contribution is 7.98. The Kier molecular flexibility index (Phi) is 5.43. The van der Waals surface area contributed by atoms with Crippen molar-refractivity contribution in [2.75, 3.05) is 18.7 Å². The van der Waals surface area contributed by atoms with Crippen LogP contribution in [0.25, 0.3) is 0 Å². The summed E-state index contributed by atoms with van der Waals surface area (Å²) in [6.07, 6.45) is 5.32. The largest absolute Gasteiger partial charge is 0.334 e. The Morgan fingerprint density at radius 3 is 2.74 bits per heavy atom. The summed E-state index contributed by atoms with van der Waals surface area (Å²) in [5, 5.41) is 0.515. The van der Waals surface area contributed by atoms with Crippen molar-refractivity contribution in [1.82, 2.24) is 4.90 Å². The molecule has 1 saturated carbocycles. The van der Waals surface area contributed by atoms with Crippen LogP contribution in [-0.2, 0) is 0 Å². The number of benzene rings is 1. The van der Waals surface area contributed by atoms with Crippen molar-refractivity contribution in [3.8, 4) is 0 Å². The van der Waals surface area contributed by atoms with Gasteiger partial charge in [0.1, 0.15) is 0 Å². The molecule has 1 amide bonds. The van der Waals surface area contributed by atoms with E-state index in [1.165, 1.54) is 6.42 Å². The van der Waals surface area contributed by atoms with Crippen molar-refractivity contribution >= 4 is 40.9 Å². The summed E-state index contributed by atoms with van der Waals surface area (Å²) < 4.78 is 0. The molecular weight excluding hydrogens is 301 g/mol. The molecule has 5 heteroatoms. The van der Waals surface area contributed by atoms with Gasteiger partial charge < -0.3 is 4.90 Å². The maximum Gasteiger partial charge on any atom is 0.255 e. The van der Waals surface area contributed by atoms with Gasteiger partial charge in [-0.15, -0.1) is 23.4 Å². The molecule has 19 heavy (non-hydrogen) atoms. The molecule has 0 unspecified atom stereocenters. The average Bonchev–Trinajstić information content (AvgIpc) is 2.36. The molecule has 0 N–H and O–H groups in total. The highest BCUT2D eigenvalue weighted by Crippen LogP contribution is 2.29. The predicted octanol–water partition coefficient (Wildman–Crippen LogP) is 4.30. The molecular formula is C14H17Cl2NOS. The third-order valence-corrected chi connectivity index (χ3v) is 4.73. The van der Waals surface area contributed by atoms with Gasteiger partial charge in [0.2, 0.25) is 0 Å². The molecule has 0 radical (unpaired) electrons. The Morgan fingerprint density at radius 2 is 2.21 bits per heavy atom. The van der Waals surface area contributed by atoms with Crippen molar-refractivity contribution in [3.05, 3.63) is 28.8 Å². The van der Waals surface area contributed by atoms with Crippen molar-refractivity contribution in [1.29, 1.82) is 0 Å². The van der Waals surface area contributed by atoms with E-state index in [0.29, 0.717) is 29.1 Å². The molecule has 0 aliphatic heterocycles. The van der Waals surface area contributed by atoms with Crippen molar-refractivity contribution in [2.45, 2.75) is 30.2 Å². The first-order valence-corrected chi connectivity index (χ1v) is 8.51. The van der Waals surface area contributed by atoms with E-state index in [0.717, 1.165) is 17.7 Å². The molecule has 0 aromatic heterocycles. The van der Waals surface area contributed by atoms with E-state index in [-0.39, 0.29) is 5.91 Å². The summed E-state index contributed by atoms with van der Waals surface area (Å²) in [6, 6.07) is 5.93. The van der Waals surface area contributed by atoms with E-state index in [9.17, 15) is 4.79 Å².